The molecule has 1 aliphatic rings. The van der Waals surface area contributed by atoms with Gasteiger partial charge < -0.3 is 20.5 Å². The molecule has 1 unspecified atom stereocenters. The molecule has 2 amide bonds. The maximum absolute atomic E-state index is 12.1. The fourth-order valence-corrected chi connectivity index (χ4v) is 3.17. The number of hydrogen-bond donors (Lipinski definition) is 3. The largest absolute Gasteiger partial charge is 0.495 e. The number of rotatable bonds is 7. The van der Waals surface area contributed by atoms with E-state index >= 15 is 0 Å². The Bertz CT molecular complexity index is 536. The van der Waals surface area contributed by atoms with E-state index in [4.69, 9.17) is 4.74 Å². The van der Waals surface area contributed by atoms with Crippen LogP contribution in [0.1, 0.15) is 31.2 Å². The van der Waals surface area contributed by atoms with Crippen molar-refractivity contribution < 1.29 is 14.6 Å². The summed E-state index contributed by atoms with van der Waals surface area (Å²) >= 11 is 0. The van der Waals surface area contributed by atoms with Crippen LogP contribution < -0.4 is 15.4 Å². The van der Waals surface area contributed by atoms with Gasteiger partial charge in [-0.2, -0.15) is 0 Å². The number of ether oxygens (including phenoxy) is 1. The van der Waals surface area contributed by atoms with Gasteiger partial charge in [0, 0.05) is 19.1 Å². The van der Waals surface area contributed by atoms with Crippen molar-refractivity contribution in [2.45, 2.75) is 38.6 Å². The molecule has 6 nitrogen and oxygen atoms in total. The van der Waals surface area contributed by atoms with E-state index in [1.807, 2.05) is 25.1 Å². The zero-order valence-electron chi connectivity index (χ0n) is 14.7. The van der Waals surface area contributed by atoms with Gasteiger partial charge in [-0.3, -0.25) is 4.90 Å². The summed E-state index contributed by atoms with van der Waals surface area (Å²) in [5.74, 6) is 0.657. The number of methoxy groups -OCH3 is 1. The summed E-state index contributed by atoms with van der Waals surface area (Å²) in [6.45, 7) is 4.70. The van der Waals surface area contributed by atoms with E-state index < -0.39 is 0 Å². The summed E-state index contributed by atoms with van der Waals surface area (Å²) in [4.78, 5) is 14.4. The van der Waals surface area contributed by atoms with Crippen molar-refractivity contribution in [2.24, 2.45) is 0 Å². The van der Waals surface area contributed by atoms with Gasteiger partial charge in [0.2, 0.25) is 0 Å². The topological polar surface area (TPSA) is 73.8 Å². The first-order chi connectivity index (χ1) is 11.7. The molecule has 134 valence electrons. The number of aliphatic hydroxyl groups is 1. The summed E-state index contributed by atoms with van der Waals surface area (Å²) in [7, 11) is 1.59. The van der Waals surface area contributed by atoms with Crippen molar-refractivity contribution in [2.75, 3.05) is 38.7 Å². The van der Waals surface area contributed by atoms with E-state index in [0.29, 0.717) is 18.0 Å². The number of urea groups is 1. The Morgan fingerprint density at radius 1 is 1.42 bits per heavy atom. The fourth-order valence-electron chi connectivity index (χ4n) is 3.17. The van der Waals surface area contributed by atoms with Crippen LogP contribution in [-0.2, 0) is 0 Å². The van der Waals surface area contributed by atoms with Crippen molar-refractivity contribution in [3.8, 4) is 5.75 Å². The number of aliphatic hydroxyl groups excluding tert-OH is 1. The molecule has 0 aromatic heterocycles. The van der Waals surface area contributed by atoms with E-state index in [0.717, 1.165) is 31.5 Å². The van der Waals surface area contributed by atoms with E-state index in [2.05, 4.69) is 15.5 Å². The Morgan fingerprint density at radius 3 is 3.00 bits per heavy atom. The summed E-state index contributed by atoms with van der Waals surface area (Å²) in [5.41, 5.74) is 1.66. The van der Waals surface area contributed by atoms with Crippen molar-refractivity contribution in [3.05, 3.63) is 23.8 Å². The second kappa shape index (κ2) is 9.49. The summed E-state index contributed by atoms with van der Waals surface area (Å²) in [6.07, 6.45) is 4.32. The lowest BCUT2D eigenvalue weighted by Gasteiger charge is -2.34. The maximum atomic E-state index is 12.1. The van der Waals surface area contributed by atoms with Crippen molar-refractivity contribution in [3.63, 3.8) is 0 Å². The van der Waals surface area contributed by atoms with Crippen molar-refractivity contribution in [1.82, 2.24) is 10.2 Å². The molecular weight excluding hydrogens is 306 g/mol. The quantitative estimate of drug-likeness (QED) is 0.669. The lowest BCUT2D eigenvalue weighted by molar-refractivity contribution is 0.0894. The molecule has 3 N–H and O–H groups in total. The molecule has 0 spiro atoms. The van der Waals surface area contributed by atoms with Gasteiger partial charge in [0.1, 0.15) is 5.75 Å². The van der Waals surface area contributed by atoms with Crippen LogP contribution in [0.4, 0.5) is 10.5 Å². The monoisotopic (exact) mass is 335 g/mol. The van der Waals surface area contributed by atoms with Crippen LogP contribution in [-0.4, -0.2) is 55.4 Å². The third-order valence-corrected chi connectivity index (χ3v) is 4.56. The number of para-hydroxylation sites is 1. The zero-order chi connectivity index (χ0) is 17.4. The predicted molar refractivity (Wildman–Crippen MR) is 95.7 cm³/mol. The number of nitrogens with one attached hydrogen (secondary N) is 2. The molecule has 0 radical (unpaired) electrons. The van der Waals surface area contributed by atoms with Crippen LogP contribution in [0.5, 0.6) is 5.75 Å². The molecule has 2 rings (SSSR count). The fraction of sp³-hybridized carbons (Fsp3) is 0.611. The molecule has 0 bridgehead atoms. The van der Waals surface area contributed by atoms with E-state index in [1.165, 1.54) is 12.8 Å². The van der Waals surface area contributed by atoms with Gasteiger partial charge in [-0.15, -0.1) is 0 Å². The molecule has 1 aliphatic heterocycles. The second-order valence-corrected chi connectivity index (χ2v) is 6.25. The first-order valence-electron chi connectivity index (χ1n) is 8.69. The minimum Gasteiger partial charge on any atom is -0.495 e. The molecule has 1 aromatic rings. The number of carbonyl (C=O) groups excluding carboxylic acids is 1. The Balaban J connectivity index is 1.74. The number of benzene rings is 1. The van der Waals surface area contributed by atoms with Crippen molar-refractivity contribution in [1.29, 1.82) is 0 Å². The highest BCUT2D eigenvalue weighted by Crippen LogP contribution is 2.27. The highest BCUT2D eigenvalue weighted by Gasteiger charge is 2.20. The number of aryl methyl sites for hydroxylation is 1. The van der Waals surface area contributed by atoms with Gasteiger partial charge >= 0.3 is 6.03 Å². The van der Waals surface area contributed by atoms with Gasteiger partial charge in [0.15, 0.2) is 0 Å². The molecule has 24 heavy (non-hydrogen) atoms. The Hall–Kier alpha value is -1.79. The Kier molecular flexibility index (Phi) is 7.34. The van der Waals surface area contributed by atoms with Gasteiger partial charge in [-0.05, 0) is 44.4 Å². The SMILES string of the molecule is COc1cccc(C)c1NC(=O)NCCCN1CCCCC1CO. The standard InChI is InChI=1S/C18H29N3O3/c1-14-7-5-9-16(24-2)17(14)20-18(23)19-10-6-12-21-11-4-3-8-15(21)13-22/h5,7,9,15,22H,3-4,6,8,10-13H2,1-2H3,(H2,19,20,23). The molecule has 6 heteroatoms. The summed E-state index contributed by atoms with van der Waals surface area (Å²) in [5, 5.41) is 15.2. The molecule has 1 aromatic carbocycles. The molecule has 0 aliphatic carbocycles. The van der Waals surface area contributed by atoms with Crippen LogP contribution in [0.25, 0.3) is 0 Å². The molecule has 1 atom stereocenters. The first kappa shape index (κ1) is 18.5. The predicted octanol–water partition coefficient (Wildman–Crippen LogP) is 2.36. The maximum Gasteiger partial charge on any atom is 0.319 e. The minimum absolute atomic E-state index is 0.222. The van der Waals surface area contributed by atoms with Gasteiger partial charge in [-0.1, -0.05) is 18.6 Å². The smallest absolute Gasteiger partial charge is 0.319 e. The number of piperidine rings is 1. The molecule has 0 saturated carbocycles. The van der Waals surface area contributed by atoms with Crippen molar-refractivity contribution >= 4 is 11.7 Å². The minimum atomic E-state index is -0.222. The van der Waals surface area contributed by atoms with Gasteiger partial charge in [-0.25, -0.2) is 4.79 Å². The van der Waals surface area contributed by atoms with E-state index in [1.54, 1.807) is 7.11 Å². The molecular formula is C18H29N3O3. The number of likely N-dealkylation sites (tertiary alicyclic amines) is 1. The van der Waals surface area contributed by atoms with Crippen LogP contribution in [0.2, 0.25) is 0 Å². The number of anilines is 1. The third kappa shape index (κ3) is 5.11. The third-order valence-electron chi connectivity index (χ3n) is 4.56. The Labute approximate surface area is 144 Å². The van der Waals surface area contributed by atoms with Crippen LogP contribution in [0, 0.1) is 6.92 Å². The van der Waals surface area contributed by atoms with E-state index in [-0.39, 0.29) is 18.7 Å². The highest BCUT2D eigenvalue weighted by atomic mass is 16.5. The zero-order valence-corrected chi connectivity index (χ0v) is 14.7. The van der Waals surface area contributed by atoms with Crippen LogP contribution in [0.3, 0.4) is 0 Å². The summed E-state index contributed by atoms with van der Waals surface area (Å²) in [6, 6.07) is 5.72. The van der Waals surface area contributed by atoms with Crippen LogP contribution in [0.15, 0.2) is 18.2 Å². The number of amides is 2. The van der Waals surface area contributed by atoms with Gasteiger partial charge in [0.05, 0.1) is 19.4 Å². The lowest BCUT2D eigenvalue weighted by atomic mass is 10.0. The van der Waals surface area contributed by atoms with Crippen LogP contribution >= 0.6 is 0 Å². The normalized spacial score (nSPS) is 18.2. The van der Waals surface area contributed by atoms with E-state index in [9.17, 15) is 9.90 Å². The molecule has 1 fully saturated rings. The summed E-state index contributed by atoms with van der Waals surface area (Å²) < 4.78 is 5.28. The molecule has 1 heterocycles. The lowest BCUT2D eigenvalue weighted by Crippen LogP contribution is -2.43. The average molecular weight is 335 g/mol. The highest BCUT2D eigenvalue weighted by molar-refractivity contribution is 5.91. The average Bonchev–Trinajstić information content (AvgIpc) is 2.60. The van der Waals surface area contributed by atoms with Gasteiger partial charge in [0.25, 0.3) is 0 Å². The number of hydrogen-bond acceptors (Lipinski definition) is 4. The number of nitrogens with zero attached hydrogens (tertiary/aromatic N) is 1. The number of carbonyl (C=O) groups is 1. The first-order valence-corrected chi connectivity index (χ1v) is 8.69. The Morgan fingerprint density at radius 2 is 2.25 bits per heavy atom. The molecule has 1 saturated heterocycles. The second-order valence-electron chi connectivity index (χ2n) is 6.25.